The Balaban J connectivity index is 2.40. The first kappa shape index (κ1) is 15.2. The van der Waals surface area contributed by atoms with Gasteiger partial charge in [-0.05, 0) is 27.8 Å². The molecule has 1 unspecified atom stereocenters. The molecule has 0 aliphatic carbocycles. The third-order valence-corrected chi connectivity index (χ3v) is 3.81. The molecule has 2 rings (SSSR count). The van der Waals surface area contributed by atoms with Gasteiger partial charge >= 0.3 is 0 Å². The second kappa shape index (κ2) is 6.05. The van der Waals surface area contributed by atoms with E-state index in [0.29, 0.717) is 12.1 Å². The molecule has 1 heterocycles. The van der Waals surface area contributed by atoms with Crippen molar-refractivity contribution in [1.29, 1.82) is 0 Å². The minimum atomic E-state index is -0.349. The first-order valence-corrected chi connectivity index (χ1v) is 6.89. The molecule has 112 valence electrons. The molecule has 0 aliphatic rings. The second-order valence-electron chi connectivity index (χ2n) is 5.14. The van der Waals surface area contributed by atoms with Gasteiger partial charge in [0, 0.05) is 23.4 Å². The van der Waals surface area contributed by atoms with E-state index < -0.39 is 0 Å². The average Bonchev–Trinajstić information content (AvgIpc) is 2.73. The van der Waals surface area contributed by atoms with Crippen LogP contribution in [-0.4, -0.2) is 21.8 Å². The lowest BCUT2D eigenvalue weighted by Gasteiger charge is -2.11. The molecule has 0 saturated carbocycles. The van der Waals surface area contributed by atoms with Crippen LogP contribution in [-0.2, 0) is 6.54 Å². The summed E-state index contributed by atoms with van der Waals surface area (Å²) in [6.45, 7) is 6.44. The Bertz CT molecular complexity index is 664. The molecule has 0 spiro atoms. The van der Waals surface area contributed by atoms with E-state index in [9.17, 15) is 10.1 Å². The predicted octanol–water partition coefficient (Wildman–Crippen LogP) is 2.74. The lowest BCUT2D eigenvalue weighted by atomic mass is 10.1. The molecule has 6 nitrogen and oxygen atoms in total. The lowest BCUT2D eigenvalue weighted by Crippen LogP contribution is -2.14. The van der Waals surface area contributed by atoms with Gasteiger partial charge in [-0.3, -0.25) is 14.8 Å². The first-order chi connectivity index (χ1) is 9.95. The number of nitrogens with one attached hydrogen (secondary N) is 1. The molecule has 1 N–H and O–H groups in total. The van der Waals surface area contributed by atoms with Gasteiger partial charge in [0.05, 0.1) is 22.7 Å². The summed E-state index contributed by atoms with van der Waals surface area (Å²) < 4.78 is 1.83. The molecule has 0 amide bonds. The highest BCUT2D eigenvalue weighted by Crippen LogP contribution is 2.24. The van der Waals surface area contributed by atoms with Crippen LogP contribution in [0.4, 0.5) is 5.69 Å². The van der Waals surface area contributed by atoms with Crippen molar-refractivity contribution in [3.05, 3.63) is 56.9 Å². The summed E-state index contributed by atoms with van der Waals surface area (Å²) in [5.74, 6) is 0. The molecule has 2 aromatic rings. The SMILES string of the molecule is CNC(C)c1c(C)nn(Cc2ccccc2[N+](=O)[O-])c1C. The fourth-order valence-electron chi connectivity index (χ4n) is 2.62. The number of benzene rings is 1. The monoisotopic (exact) mass is 288 g/mol. The Kier molecular flexibility index (Phi) is 4.37. The molecule has 1 aromatic carbocycles. The largest absolute Gasteiger partial charge is 0.313 e. The summed E-state index contributed by atoms with van der Waals surface area (Å²) in [5, 5.41) is 18.8. The van der Waals surface area contributed by atoms with Gasteiger partial charge in [0.2, 0.25) is 0 Å². The summed E-state index contributed by atoms with van der Waals surface area (Å²) in [7, 11) is 1.91. The van der Waals surface area contributed by atoms with Gasteiger partial charge in [0.1, 0.15) is 0 Å². The first-order valence-electron chi connectivity index (χ1n) is 6.89. The molecule has 1 aromatic heterocycles. The Hall–Kier alpha value is -2.21. The van der Waals surface area contributed by atoms with E-state index in [4.69, 9.17) is 0 Å². The number of nitro benzene ring substituents is 1. The van der Waals surface area contributed by atoms with E-state index in [-0.39, 0.29) is 16.7 Å². The fraction of sp³-hybridized carbons (Fsp3) is 0.400. The minimum Gasteiger partial charge on any atom is -0.313 e. The summed E-state index contributed by atoms with van der Waals surface area (Å²) in [6.07, 6.45) is 0. The number of rotatable bonds is 5. The Morgan fingerprint density at radius 2 is 2.05 bits per heavy atom. The fourth-order valence-corrected chi connectivity index (χ4v) is 2.62. The van der Waals surface area contributed by atoms with Gasteiger partial charge in [0.25, 0.3) is 5.69 Å². The molecule has 0 radical (unpaired) electrons. The number of para-hydroxylation sites is 1. The highest BCUT2D eigenvalue weighted by atomic mass is 16.6. The second-order valence-corrected chi connectivity index (χ2v) is 5.14. The van der Waals surface area contributed by atoms with Crippen molar-refractivity contribution in [2.75, 3.05) is 7.05 Å². The van der Waals surface area contributed by atoms with Crippen molar-refractivity contribution < 1.29 is 4.92 Å². The molecule has 0 fully saturated rings. The van der Waals surface area contributed by atoms with E-state index in [1.807, 2.05) is 31.6 Å². The molecule has 1 atom stereocenters. The number of hydrogen-bond acceptors (Lipinski definition) is 4. The van der Waals surface area contributed by atoms with Gasteiger partial charge in [-0.2, -0.15) is 5.10 Å². The standard InChI is InChI=1S/C15H20N4O2/c1-10(16-4)15-11(2)17-18(12(15)3)9-13-7-5-6-8-14(13)19(20)21/h5-8,10,16H,9H2,1-4H3. The van der Waals surface area contributed by atoms with E-state index in [1.54, 1.807) is 12.1 Å². The van der Waals surface area contributed by atoms with Gasteiger partial charge in [0.15, 0.2) is 0 Å². The summed E-state index contributed by atoms with van der Waals surface area (Å²) in [4.78, 5) is 10.7. The van der Waals surface area contributed by atoms with E-state index in [0.717, 1.165) is 17.0 Å². The highest BCUT2D eigenvalue weighted by molar-refractivity contribution is 5.40. The zero-order chi connectivity index (χ0) is 15.6. The van der Waals surface area contributed by atoms with Crippen LogP contribution in [0.25, 0.3) is 0 Å². The van der Waals surface area contributed by atoms with Gasteiger partial charge in [-0.1, -0.05) is 18.2 Å². The Labute approximate surface area is 123 Å². The molecule has 21 heavy (non-hydrogen) atoms. The smallest absolute Gasteiger partial charge is 0.274 e. The van der Waals surface area contributed by atoms with Gasteiger partial charge in [-0.25, -0.2) is 0 Å². The summed E-state index contributed by atoms with van der Waals surface area (Å²) in [5.41, 5.74) is 3.93. The normalized spacial score (nSPS) is 12.4. The maximum atomic E-state index is 11.1. The number of aromatic nitrogens is 2. The zero-order valence-corrected chi connectivity index (χ0v) is 12.8. The predicted molar refractivity (Wildman–Crippen MR) is 81.4 cm³/mol. The maximum Gasteiger partial charge on any atom is 0.274 e. The maximum absolute atomic E-state index is 11.1. The van der Waals surface area contributed by atoms with Crippen LogP contribution in [0.15, 0.2) is 24.3 Å². The van der Waals surface area contributed by atoms with Crippen molar-refractivity contribution in [2.24, 2.45) is 0 Å². The van der Waals surface area contributed by atoms with Crippen LogP contribution in [0.1, 0.15) is 35.5 Å². The molecule has 6 heteroatoms. The lowest BCUT2D eigenvalue weighted by molar-refractivity contribution is -0.385. The minimum absolute atomic E-state index is 0.133. The quantitative estimate of drug-likeness (QED) is 0.678. The van der Waals surface area contributed by atoms with Crippen LogP contribution in [0.5, 0.6) is 0 Å². The molecular weight excluding hydrogens is 268 g/mol. The molecular formula is C15H20N4O2. The summed E-state index contributed by atoms with van der Waals surface area (Å²) >= 11 is 0. The van der Waals surface area contributed by atoms with Crippen molar-refractivity contribution >= 4 is 5.69 Å². The Morgan fingerprint density at radius 1 is 1.38 bits per heavy atom. The number of nitro groups is 1. The van der Waals surface area contributed by atoms with Gasteiger partial charge < -0.3 is 5.32 Å². The van der Waals surface area contributed by atoms with E-state index >= 15 is 0 Å². The van der Waals surface area contributed by atoms with Gasteiger partial charge in [-0.15, -0.1) is 0 Å². The topological polar surface area (TPSA) is 73.0 Å². The number of nitrogens with zero attached hydrogens (tertiary/aromatic N) is 3. The molecule has 0 saturated heterocycles. The number of hydrogen-bond donors (Lipinski definition) is 1. The molecule has 0 bridgehead atoms. The van der Waals surface area contributed by atoms with E-state index in [1.165, 1.54) is 6.07 Å². The van der Waals surface area contributed by atoms with Crippen LogP contribution in [0.2, 0.25) is 0 Å². The van der Waals surface area contributed by atoms with Crippen molar-refractivity contribution in [3.8, 4) is 0 Å². The summed E-state index contributed by atoms with van der Waals surface area (Å²) in [6, 6.07) is 6.99. The third-order valence-electron chi connectivity index (χ3n) is 3.81. The van der Waals surface area contributed by atoms with Crippen molar-refractivity contribution in [3.63, 3.8) is 0 Å². The third kappa shape index (κ3) is 2.95. The van der Waals surface area contributed by atoms with Crippen LogP contribution < -0.4 is 5.32 Å². The number of aryl methyl sites for hydroxylation is 1. The average molecular weight is 288 g/mol. The zero-order valence-electron chi connectivity index (χ0n) is 12.8. The van der Waals surface area contributed by atoms with E-state index in [2.05, 4.69) is 17.3 Å². The highest BCUT2D eigenvalue weighted by Gasteiger charge is 2.19. The van der Waals surface area contributed by atoms with Crippen LogP contribution in [0.3, 0.4) is 0 Å². The van der Waals surface area contributed by atoms with Crippen LogP contribution >= 0.6 is 0 Å². The van der Waals surface area contributed by atoms with Crippen LogP contribution in [0, 0.1) is 24.0 Å². The Morgan fingerprint density at radius 3 is 2.67 bits per heavy atom. The molecule has 0 aliphatic heterocycles. The van der Waals surface area contributed by atoms with Crippen molar-refractivity contribution in [1.82, 2.24) is 15.1 Å². The van der Waals surface area contributed by atoms with Crippen molar-refractivity contribution in [2.45, 2.75) is 33.4 Å².